The van der Waals surface area contributed by atoms with Crippen LogP contribution in [0.15, 0.2) is 48.5 Å². The monoisotopic (exact) mass is 254 g/mol. The second-order valence-electron chi connectivity index (χ2n) is 4.41. The first-order valence-electron chi connectivity index (χ1n) is 5.99. The van der Waals surface area contributed by atoms with Crippen LogP contribution in [0.1, 0.15) is 27.0 Å². The Morgan fingerprint density at radius 1 is 1.05 bits per heavy atom. The van der Waals surface area contributed by atoms with Gasteiger partial charge in [0.05, 0.1) is 6.42 Å². The van der Waals surface area contributed by atoms with Gasteiger partial charge in [0.1, 0.15) is 0 Å². The van der Waals surface area contributed by atoms with Gasteiger partial charge in [-0.2, -0.15) is 0 Å². The molecule has 0 saturated heterocycles. The SMILES string of the molecule is Cc1ccc(CC(=O)O)cc1C(=O)c1ccccc1. The van der Waals surface area contributed by atoms with E-state index in [1.54, 1.807) is 30.3 Å². The van der Waals surface area contributed by atoms with Gasteiger partial charge in [0.25, 0.3) is 0 Å². The molecule has 0 aliphatic carbocycles. The molecule has 0 aromatic heterocycles. The number of ketones is 1. The number of hydrogen-bond acceptors (Lipinski definition) is 2. The molecule has 0 saturated carbocycles. The van der Waals surface area contributed by atoms with E-state index in [1.807, 2.05) is 25.1 Å². The summed E-state index contributed by atoms with van der Waals surface area (Å²) in [4.78, 5) is 23.1. The Labute approximate surface area is 111 Å². The molecule has 96 valence electrons. The fourth-order valence-corrected chi connectivity index (χ4v) is 1.94. The number of carboxylic acids is 1. The molecule has 3 nitrogen and oxygen atoms in total. The van der Waals surface area contributed by atoms with Crippen LogP contribution >= 0.6 is 0 Å². The lowest BCUT2D eigenvalue weighted by Gasteiger charge is -2.07. The predicted octanol–water partition coefficient (Wildman–Crippen LogP) is 2.85. The minimum Gasteiger partial charge on any atom is -0.481 e. The Morgan fingerprint density at radius 2 is 1.74 bits per heavy atom. The van der Waals surface area contributed by atoms with Gasteiger partial charge in [0, 0.05) is 11.1 Å². The molecule has 0 unspecified atom stereocenters. The van der Waals surface area contributed by atoms with E-state index in [-0.39, 0.29) is 12.2 Å². The minimum atomic E-state index is -0.901. The van der Waals surface area contributed by atoms with Crippen molar-refractivity contribution in [2.75, 3.05) is 0 Å². The van der Waals surface area contributed by atoms with Crippen LogP contribution in [-0.2, 0) is 11.2 Å². The molecular formula is C16H14O3. The molecule has 0 spiro atoms. The van der Waals surface area contributed by atoms with E-state index in [9.17, 15) is 9.59 Å². The standard InChI is InChI=1S/C16H14O3/c1-11-7-8-12(10-15(17)18)9-14(11)16(19)13-5-3-2-4-6-13/h2-9H,10H2,1H3,(H,17,18). The van der Waals surface area contributed by atoms with E-state index in [1.165, 1.54) is 0 Å². The van der Waals surface area contributed by atoms with Crippen molar-refractivity contribution >= 4 is 11.8 Å². The summed E-state index contributed by atoms with van der Waals surface area (Å²) in [6.07, 6.45) is -0.0741. The summed E-state index contributed by atoms with van der Waals surface area (Å²) in [5.41, 5.74) is 2.66. The average molecular weight is 254 g/mol. The molecule has 0 radical (unpaired) electrons. The number of carbonyl (C=O) groups is 2. The van der Waals surface area contributed by atoms with Crippen LogP contribution in [-0.4, -0.2) is 16.9 Å². The van der Waals surface area contributed by atoms with Crippen LogP contribution in [0, 0.1) is 6.92 Å². The van der Waals surface area contributed by atoms with Crippen molar-refractivity contribution in [3.8, 4) is 0 Å². The number of rotatable bonds is 4. The Morgan fingerprint density at radius 3 is 2.37 bits per heavy atom. The maximum absolute atomic E-state index is 12.4. The Kier molecular flexibility index (Phi) is 3.76. The minimum absolute atomic E-state index is 0.0741. The van der Waals surface area contributed by atoms with Crippen molar-refractivity contribution in [2.45, 2.75) is 13.3 Å². The maximum atomic E-state index is 12.4. The van der Waals surface area contributed by atoms with Crippen LogP contribution in [0.2, 0.25) is 0 Å². The Bertz CT molecular complexity index is 615. The van der Waals surface area contributed by atoms with Gasteiger partial charge in [0.2, 0.25) is 0 Å². The lowest BCUT2D eigenvalue weighted by atomic mass is 9.96. The van der Waals surface area contributed by atoms with Crippen molar-refractivity contribution in [1.82, 2.24) is 0 Å². The van der Waals surface area contributed by atoms with Crippen LogP contribution < -0.4 is 0 Å². The highest BCUT2D eigenvalue weighted by Crippen LogP contribution is 2.16. The van der Waals surface area contributed by atoms with E-state index in [0.717, 1.165) is 5.56 Å². The smallest absolute Gasteiger partial charge is 0.307 e. The second-order valence-corrected chi connectivity index (χ2v) is 4.41. The van der Waals surface area contributed by atoms with E-state index >= 15 is 0 Å². The number of carboxylic acid groups (broad SMARTS) is 1. The molecule has 2 aromatic rings. The number of hydrogen-bond donors (Lipinski definition) is 1. The average Bonchev–Trinajstić information content (AvgIpc) is 2.40. The molecule has 0 fully saturated rings. The molecule has 3 heteroatoms. The number of benzene rings is 2. The molecule has 0 aliphatic rings. The molecule has 0 amide bonds. The summed E-state index contributed by atoms with van der Waals surface area (Å²) in [5, 5.41) is 8.80. The van der Waals surface area contributed by atoms with Crippen molar-refractivity contribution < 1.29 is 14.7 Å². The molecular weight excluding hydrogens is 240 g/mol. The van der Waals surface area contributed by atoms with E-state index < -0.39 is 5.97 Å². The highest BCUT2D eigenvalue weighted by atomic mass is 16.4. The predicted molar refractivity (Wildman–Crippen MR) is 72.4 cm³/mol. The molecule has 1 N–H and O–H groups in total. The quantitative estimate of drug-likeness (QED) is 0.853. The lowest BCUT2D eigenvalue weighted by Crippen LogP contribution is -2.06. The summed E-state index contributed by atoms with van der Waals surface area (Å²) in [6, 6.07) is 14.2. The molecule has 2 aromatic carbocycles. The lowest BCUT2D eigenvalue weighted by molar-refractivity contribution is -0.136. The zero-order valence-corrected chi connectivity index (χ0v) is 10.6. The van der Waals surface area contributed by atoms with Gasteiger partial charge in [-0.3, -0.25) is 9.59 Å². The van der Waals surface area contributed by atoms with Crippen LogP contribution in [0.5, 0.6) is 0 Å². The van der Waals surface area contributed by atoms with E-state index in [2.05, 4.69) is 0 Å². The van der Waals surface area contributed by atoms with Crippen LogP contribution in [0.4, 0.5) is 0 Å². The van der Waals surface area contributed by atoms with Gasteiger partial charge in [-0.25, -0.2) is 0 Å². The third-order valence-electron chi connectivity index (χ3n) is 2.94. The number of aliphatic carboxylic acids is 1. The number of aryl methyl sites for hydroxylation is 1. The van der Waals surface area contributed by atoms with E-state index in [0.29, 0.717) is 16.7 Å². The second kappa shape index (κ2) is 5.48. The van der Waals surface area contributed by atoms with Crippen molar-refractivity contribution in [2.24, 2.45) is 0 Å². The third kappa shape index (κ3) is 3.07. The number of carbonyl (C=O) groups excluding carboxylic acids is 1. The summed E-state index contributed by atoms with van der Waals surface area (Å²) in [5.74, 6) is -0.979. The maximum Gasteiger partial charge on any atom is 0.307 e. The van der Waals surface area contributed by atoms with Crippen molar-refractivity contribution in [1.29, 1.82) is 0 Å². The molecule has 0 atom stereocenters. The van der Waals surface area contributed by atoms with Crippen LogP contribution in [0.3, 0.4) is 0 Å². The van der Waals surface area contributed by atoms with Gasteiger partial charge in [-0.05, 0) is 24.1 Å². The first-order valence-corrected chi connectivity index (χ1v) is 5.99. The topological polar surface area (TPSA) is 54.4 Å². The van der Waals surface area contributed by atoms with Gasteiger partial charge in [0.15, 0.2) is 5.78 Å². The Hall–Kier alpha value is -2.42. The van der Waals surface area contributed by atoms with Crippen molar-refractivity contribution in [3.63, 3.8) is 0 Å². The first kappa shape index (κ1) is 13.0. The van der Waals surface area contributed by atoms with Gasteiger partial charge in [-0.15, -0.1) is 0 Å². The molecule has 0 heterocycles. The summed E-state index contributed by atoms with van der Waals surface area (Å²) in [7, 11) is 0. The molecule has 0 bridgehead atoms. The normalized spacial score (nSPS) is 10.2. The zero-order valence-electron chi connectivity index (χ0n) is 10.6. The zero-order chi connectivity index (χ0) is 13.8. The summed E-state index contributed by atoms with van der Waals surface area (Å²) < 4.78 is 0. The Balaban J connectivity index is 2.38. The van der Waals surface area contributed by atoms with Crippen molar-refractivity contribution in [3.05, 3.63) is 70.8 Å². The van der Waals surface area contributed by atoms with Gasteiger partial charge in [-0.1, -0.05) is 42.5 Å². The van der Waals surface area contributed by atoms with Gasteiger partial charge >= 0.3 is 5.97 Å². The molecule has 0 aliphatic heterocycles. The van der Waals surface area contributed by atoms with Gasteiger partial charge < -0.3 is 5.11 Å². The largest absolute Gasteiger partial charge is 0.481 e. The molecule has 19 heavy (non-hydrogen) atoms. The fourth-order valence-electron chi connectivity index (χ4n) is 1.94. The highest BCUT2D eigenvalue weighted by molar-refractivity contribution is 6.10. The summed E-state index contributed by atoms with van der Waals surface area (Å²) >= 11 is 0. The van der Waals surface area contributed by atoms with E-state index in [4.69, 9.17) is 5.11 Å². The first-order chi connectivity index (χ1) is 9.08. The summed E-state index contributed by atoms with van der Waals surface area (Å²) in [6.45, 7) is 1.85. The highest BCUT2D eigenvalue weighted by Gasteiger charge is 2.12. The molecule has 2 rings (SSSR count). The fraction of sp³-hybridized carbons (Fsp3) is 0.125. The van der Waals surface area contributed by atoms with Crippen LogP contribution in [0.25, 0.3) is 0 Å². The third-order valence-corrected chi connectivity index (χ3v) is 2.94.